The van der Waals surface area contributed by atoms with Gasteiger partial charge in [-0.3, -0.25) is 4.79 Å². The summed E-state index contributed by atoms with van der Waals surface area (Å²) >= 11 is 12.1. The molecule has 0 bridgehead atoms. The third kappa shape index (κ3) is 2.42. The molecule has 2 atom stereocenters. The maximum absolute atomic E-state index is 12.4. The zero-order valence-electron chi connectivity index (χ0n) is 13.8. The first-order chi connectivity index (χ1) is 12.0. The van der Waals surface area contributed by atoms with Crippen molar-refractivity contribution in [2.24, 2.45) is 5.92 Å². The van der Waals surface area contributed by atoms with Crippen LogP contribution in [-0.4, -0.2) is 11.1 Å². The number of carbonyl (C=O) groups is 1. The zero-order valence-corrected chi connectivity index (χ0v) is 15.4. The number of rotatable bonds is 4. The van der Waals surface area contributed by atoms with Gasteiger partial charge in [0.1, 0.15) is 0 Å². The van der Waals surface area contributed by atoms with E-state index in [0.717, 1.165) is 31.2 Å². The lowest BCUT2D eigenvalue weighted by molar-refractivity contribution is -0.157. The van der Waals surface area contributed by atoms with Crippen LogP contribution in [-0.2, 0) is 15.6 Å². The molecule has 2 unspecified atom stereocenters. The van der Waals surface area contributed by atoms with Gasteiger partial charge in [0.05, 0.1) is 5.41 Å². The predicted molar refractivity (Wildman–Crippen MR) is 100 cm³/mol. The SMILES string of the molecule is O=C(O)C1(c2ccc(Cl)cc2)CCC1C1(c2ccc(Cl)cc2)CCC1. The second-order valence-electron chi connectivity index (χ2n) is 7.39. The minimum Gasteiger partial charge on any atom is -0.481 e. The lowest BCUT2D eigenvalue weighted by atomic mass is 9.42. The van der Waals surface area contributed by atoms with Crippen LogP contribution < -0.4 is 0 Å². The summed E-state index contributed by atoms with van der Waals surface area (Å²) in [7, 11) is 0. The van der Waals surface area contributed by atoms with Crippen molar-refractivity contribution >= 4 is 29.2 Å². The zero-order chi connectivity index (χ0) is 17.7. The van der Waals surface area contributed by atoms with Gasteiger partial charge in [0.2, 0.25) is 0 Å². The number of carboxylic acid groups (broad SMARTS) is 1. The number of hydrogen-bond donors (Lipinski definition) is 1. The second-order valence-corrected chi connectivity index (χ2v) is 8.26. The van der Waals surface area contributed by atoms with E-state index in [-0.39, 0.29) is 11.3 Å². The summed E-state index contributed by atoms with van der Waals surface area (Å²) in [5.41, 5.74) is 1.24. The number of aliphatic carboxylic acids is 1. The van der Waals surface area contributed by atoms with Crippen LogP contribution >= 0.6 is 23.2 Å². The summed E-state index contributed by atoms with van der Waals surface area (Å²) in [6.07, 6.45) is 4.86. The fraction of sp³-hybridized carbons (Fsp3) is 0.381. The molecule has 2 aliphatic carbocycles. The van der Waals surface area contributed by atoms with Gasteiger partial charge >= 0.3 is 5.97 Å². The maximum Gasteiger partial charge on any atom is 0.314 e. The Morgan fingerprint density at radius 2 is 1.40 bits per heavy atom. The molecule has 2 aromatic rings. The normalized spacial score (nSPS) is 27.2. The molecule has 4 heteroatoms. The molecule has 0 radical (unpaired) electrons. The van der Waals surface area contributed by atoms with Crippen molar-refractivity contribution in [3.8, 4) is 0 Å². The molecule has 2 fully saturated rings. The molecule has 2 saturated carbocycles. The Morgan fingerprint density at radius 3 is 1.76 bits per heavy atom. The summed E-state index contributed by atoms with van der Waals surface area (Å²) in [4.78, 5) is 12.4. The van der Waals surface area contributed by atoms with Crippen LogP contribution in [0.15, 0.2) is 48.5 Å². The summed E-state index contributed by atoms with van der Waals surface area (Å²) in [6, 6.07) is 15.4. The van der Waals surface area contributed by atoms with E-state index in [4.69, 9.17) is 23.2 Å². The second kappa shape index (κ2) is 6.03. The molecule has 0 aromatic heterocycles. The molecule has 130 valence electrons. The quantitative estimate of drug-likeness (QED) is 0.728. The average Bonchev–Trinajstić information content (AvgIpc) is 2.52. The Balaban J connectivity index is 1.79. The minimum absolute atomic E-state index is 0.0547. The van der Waals surface area contributed by atoms with Crippen molar-refractivity contribution in [2.45, 2.75) is 42.9 Å². The van der Waals surface area contributed by atoms with Gasteiger partial charge in [-0.05, 0) is 72.4 Å². The highest BCUT2D eigenvalue weighted by Crippen LogP contribution is 2.63. The van der Waals surface area contributed by atoms with Gasteiger partial charge in [-0.1, -0.05) is 53.9 Å². The van der Waals surface area contributed by atoms with Crippen LogP contribution in [0.4, 0.5) is 0 Å². The van der Waals surface area contributed by atoms with Crippen molar-refractivity contribution in [1.82, 2.24) is 0 Å². The van der Waals surface area contributed by atoms with Gasteiger partial charge in [-0.2, -0.15) is 0 Å². The maximum atomic E-state index is 12.4. The predicted octanol–water partition coefficient (Wildman–Crippen LogP) is 5.85. The summed E-state index contributed by atoms with van der Waals surface area (Å²) in [6.45, 7) is 0. The topological polar surface area (TPSA) is 37.3 Å². The molecule has 0 heterocycles. The van der Waals surface area contributed by atoms with Gasteiger partial charge in [0.25, 0.3) is 0 Å². The molecule has 0 amide bonds. The smallest absolute Gasteiger partial charge is 0.314 e. The Morgan fingerprint density at radius 1 is 0.880 bits per heavy atom. The number of benzene rings is 2. The van der Waals surface area contributed by atoms with Gasteiger partial charge in [0.15, 0.2) is 0 Å². The first kappa shape index (κ1) is 16.9. The molecule has 1 N–H and O–H groups in total. The first-order valence-corrected chi connectivity index (χ1v) is 9.50. The minimum atomic E-state index is -0.815. The van der Waals surface area contributed by atoms with Gasteiger partial charge in [0, 0.05) is 10.0 Å². The van der Waals surface area contributed by atoms with Crippen molar-refractivity contribution in [2.75, 3.05) is 0 Å². The van der Waals surface area contributed by atoms with E-state index < -0.39 is 11.4 Å². The summed E-state index contributed by atoms with van der Waals surface area (Å²) < 4.78 is 0. The fourth-order valence-electron chi connectivity index (χ4n) is 4.98. The van der Waals surface area contributed by atoms with E-state index in [1.165, 1.54) is 5.56 Å². The molecule has 0 aliphatic heterocycles. The molecule has 2 aliphatic rings. The van der Waals surface area contributed by atoms with Gasteiger partial charge in [-0.25, -0.2) is 0 Å². The largest absolute Gasteiger partial charge is 0.481 e. The fourth-order valence-corrected chi connectivity index (χ4v) is 5.23. The Bertz CT molecular complexity index is 794. The van der Waals surface area contributed by atoms with E-state index in [1.807, 2.05) is 24.3 Å². The van der Waals surface area contributed by atoms with Crippen molar-refractivity contribution < 1.29 is 9.90 Å². The van der Waals surface area contributed by atoms with E-state index in [9.17, 15) is 9.90 Å². The summed E-state index contributed by atoms with van der Waals surface area (Å²) in [5.74, 6) is -0.611. The van der Waals surface area contributed by atoms with E-state index in [0.29, 0.717) is 16.5 Å². The van der Waals surface area contributed by atoms with Crippen LogP contribution in [0, 0.1) is 5.92 Å². The molecule has 2 aromatic carbocycles. The molecular weight excluding hydrogens is 355 g/mol. The Kier molecular flexibility index (Phi) is 4.09. The van der Waals surface area contributed by atoms with Crippen LogP contribution in [0.2, 0.25) is 10.0 Å². The molecule has 4 rings (SSSR count). The van der Waals surface area contributed by atoms with Crippen molar-refractivity contribution in [3.05, 3.63) is 69.7 Å². The Hall–Kier alpha value is -1.51. The number of carboxylic acids is 1. The molecular formula is C21H20Cl2O2. The lowest BCUT2D eigenvalue weighted by Gasteiger charge is -2.60. The average molecular weight is 375 g/mol. The first-order valence-electron chi connectivity index (χ1n) is 8.74. The van der Waals surface area contributed by atoms with E-state index in [1.54, 1.807) is 12.1 Å². The van der Waals surface area contributed by atoms with Crippen LogP contribution in [0.25, 0.3) is 0 Å². The third-order valence-electron chi connectivity index (χ3n) is 6.50. The van der Waals surface area contributed by atoms with Gasteiger partial charge in [-0.15, -0.1) is 0 Å². The van der Waals surface area contributed by atoms with Crippen molar-refractivity contribution in [1.29, 1.82) is 0 Å². The highest BCUT2D eigenvalue weighted by Gasteiger charge is 2.63. The monoisotopic (exact) mass is 374 g/mol. The molecule has 2 nitrogen and oxygen atoms in total. The van der Waals surface area contributed by atoms with Crippen molar-refractivity contribution in [3.63, 3.8) is 0 Å². The van der Waals surface area contributed by atoms with Gasteiger partial charge < -0.3 is 5.11 Å². The molecule has 0 spiro atoms. The third-order valence-corrected chi connectivity index (χ3v) is 7.00. The van der Waals surface area contributed by atoms with E-state index >= 15 is 0 Å². The number of hydrogen-bond acceptors (Lipinski definition) is 1. The molecule has 0 saturated heterocycles. The highest BCUT2D eigenvalue weighted by atomic mass is 35.5. The van der Waals surface area contributed by atoms with Crippen LogP contribution in [0.3, 0.4) is 0 Å². The lowest BCUT2D eigenvalue weighted by Crippen LogP contribution is -2.61. The van der Waals surface area contributed by atoms with E-state index in [2.05, 4.69) is 12.1 Å². The molecule has 25 heavy (non-hydrogen) atoms. The summed E-state index contributed by atoms with van der Waals surface area (Å²) in [5, 5.41) is 11.5. The highest BCUT2D eigenvalue weighted by molar-refractivity contribution is 6.30. The standard InChI is InChI=1S/C21H20Cl2O2/c22-16-6-2-14(3-7-16)20(11-1-12-20)18-10-13-21(18,19(24)25)15-4-8-17(23)9-5-15/h2-9,18H,1,10-13H2,(H,24,25). The van der Waals surface area contributed by atoms with Crippen LogP contribution in [0.5, 0.6) is 0 Å². The number of halogens is 2. The van der Waals surface area contributed by atoms with Crippen LogP contribution in [0.1, 0.15) is 43.2 Å². The Labute approximate surface area is 157 Å².